The molecule has 0 bridgehead atoms. The zero-order valence-electron chi connectivity index (χ0n) is 18.3. The van der Waals surface area contributed by atoms with Crippen LogP contribution in [-0.2, 0) is 0 Å². The lowest BCUT2D eigenvalue weighted by atomic mass is 10.0. The standard InChI is InChI=1S/C31H22NO/c1-32-28-16-8-9-17-30(28)33-31-19-27-25-15-7-5-13-23(25)21-11-3-2-10-20(21)22-12-4-6-14-24(22)26(27)18-29(31)32/h2-19,30H,1H3/q+1. The van der Waals surface area contributed by atoms with Crippen LogP contribution in [0.1, 0.15) is 0 Å². The second-order valence-corrected chi connectivity index (χ2v) is 8.77. The summed E-state index contributed by atoms with van der Waals surface area (Å²) >= 11 is 0. The molecule has 0 saturated carbocycles. The van der Waals surface area contributed by atoms with E-state index in [1.54, 1.807) is 0 Å². The molecular weight excluding hydrogens is 402 g/mol. The Balaban J connectivity index is 1.85. The SMILES string of the molecule is C[N+]1=C2C=CC=CC2Oc2cc3c(cc21)=c1ccccc1=c1ccccc1=c1ccccc1=3. The van der Waals surface area contributed by atoms with Gasteiger partial charge in [0.15, 0.2) is 5.75 Å². The van der Waals surface area contributed by atoms with Crippen molar-refractivity contribution in [3.05, 3.63) is 151 Å². The molecule has 0 fully saturated rings. The Bertz CT molecular complexity index is 1970. The Morgan fingerprint density at radius 1 is 0.606 bits per heavy atom. The first-order valence-corrected chi connectivity index (χ1v) is 11.4. The predicted octanol–water partition coefficient (Wildman–Crippen LogP) is 5.75. The van der Waals surface area contributed by atoms with Gasteiger partial charge in [0.05, 0.1) is 0 Å². The summed E-state index contributed by atoms with van der Waals surface area (Å²) in [6.45, 7) is 0. The fourth-order valence-corrected chi connectivity index (χ4v) is 5.42. The van der Waals surface area contributed by atoms with Crippen LogP contribution in [0.3, 0.4) is 0 Å². The molecule has 4 aromatic carbocycles. The first kappa shape index (κ1) is 18.4. The lowest BCUT2D eigenvalue weighted by Gasteiger charge is -2.22. The monoisotopic (exact) mass is 424 g/mol. The van der Waals surface area contributed by atoms with Crippen molar-refractivity contribution < 1.29 is 9.31 Å². The van der Waals surface area contributed by atoms with E-state index in [-0.39, 0.29) is 6.10 Å². The molecule has 1 aliphatic heterocycles. The Labute approximate surface area is 190 Å². The molecule has 4 aromatic rings. The van der Waals surface area contributed by atoms with Gasteiger partial charge in [-0.15, -0.1) is 0 Å². The van der Waals surface area contributed by atoms with E-state index in [1.807, 2.05) is 0 Å². The second kappa shape index (κ2) is 6.91. The number of fused-ring (bicyclic) bond motifs is 6. The molecular formula is C31H22NO+. The molecule has 0 aromatic heterocycles. The Morgan fingerprint density at radius 2 is 1.09 bits per heavy atom. The largest absolute Gasteiger partial charge is 0.468 e. The fourth-order valence-electron chi connectivity index (χ4n) is 5.42. The molecule has 0 spiro atoms. The molecule has 2 aliphatic carbocycles. The van der Waals surface area contributed by atoms with E-state index in [9.17, 15) is 0 Å². The van der Waals surface area contributed by atoms with Crippen LogP contribution in [0.5, 0.6) is 5.75 Å². The van der Waals surface area contributed by atoms with Gasteiger partial charge >= 0.3 is 0 Å². The molecule has 2 nitrogen and oxygen atoms in total. The van der Waals surface area contributed by atoms with Gasteiger partial charge in [0.2, 0.25) is 17.5 Å². The first-order valence-electron chi connectivity index (χ1n) is 11.4. The van der Waals surface area contributed by atoms with E-state index in [4.69, 9.17) is 4.74 Å². The van der Waals surface area contributed by atoms with Crippen LogP contribution >= 0.6 is 0 Å². The van der Waals surface area contributed by atoms with E-state index in [0.29, 0.717) is 0 Å². The highest BCUT2D eigenvalue weighted by atomic mass is 16.5. The van der Waals surface area contributed by atoms with Crippen LogP contribution in [-0.4, -0.2) is 23.4 Å². The molecule has 1 atom stereocenters. The van der Waals surface area contributed by atoms with Gasteiger partial charge in [0.25, 0.3) is 0 Å². The molecule has 33 heavy (non-hydrogen) atoms. The van der Waals surface area contributed by atoms with Crippen LogP contribution < -0.4 is 4.74 Å². The van der Waals surface area contributed by atoms with Crippen molar-refractivity contribution in [2.75, 3.05) is 7.05 Å². The van der Waals surface area contributed by atoms with Crippen LogP contribution in [0.15, 0.2) is 109 Å². The molecule has 0 saturated heterocycles. The summed E-state index contributed by atoms with van der Waals surface area (Å²) in [5.41, 5.74) is 2.26. The summed E-state index contributed by atoms with van der Waals surface area (Å²) in [5, 5.41) is 9.96. The Morgan fingerprint density at radius 3 is 1.64 bits per heavy atom. The third-order valence-electron chi connectivity index (χ3n) is 7.00. The van der Waals surface area contributed by atoms with Crippen molar-refractivity contribution in [2.24, 2.45) is 0 Å². The zero-order valence-corrected chi connectivity index (χ0v) is 18.3. The molecule has 1 heterocycles. The maximum absolute atomic E-state index is 6.50. The normalized spacial score (nSPS) is 16.8. The highest BCUT2D eigenvalue weighted by Gasteiger charge is 2.32. The average Bonchev–Trinajstić information content (AvgIpc) is 2.88. The molecule has 156 valence electrons. The van der Waals surface area contributed by atoms with Gasteiger partial charge in [-0.05, 0) is 53.9 Å². The maximum Gasteiger partial charge on any atom is 0.248 e. The summed E-state index contributed by atoms with van der Waals surface area (Å²) in [5.74, 6) is 0.922. The topological polar surface area (TPSA) is 12.2 Å². The lowest BCUT2D eigenvalue weighted by Crippen LogP contribution is -2.34. The third-order valence-corrected chi connectivity index (χ3v) is 7.00. The number of benzene rings is 4. The van der Waals surface area contributed by atoms with Crippen molar-refractivity contribution in [2.45, 2.75) is 6.10 Å². The van der Waals surface area contributed by atoms with Crippen LogP contribution in [0.4, 0.5) is 5.69 Å². The van der Waals surface area contributed by atoms with Gasteiger partial charge in [0.1, 0.15) is 7.05 Å². The number of rotatable bonds is 0. The number of nitrogens with zero attached hydrogens (tertiary/aromatic N) is 1. The predicted molar refractivity (Wildman–Crippen MR) is 130 cm³/mol. The average molecular weight is 425 g/mol. The molecule has 0 amide bonds. The van der Waals surface area contributed by atoms with E-state index in [2.05, 4.69) is 121 Å². The van der Waals surface area contributed by atoms with Gasteiger partial charge in [-0.1, -0.05) is 84.9 Å². The number of ether oxygens (including phenoxy) is 1. The van der Waals surface area contributed by atoms with Gasteiger partial charge in [-0.25, -0.2) is 0 Å². The van der Waals surface area contributed by atoms with Crippen molar-refractivity contribution >= 4 is 11.4 Å². The minimum atomic E-state index is -0.0534. The van der Waals surface area contributed by atoms with Crippen LogP contribution in [0, 0.1) is 41.7 Å². The second-order valence-electron chi connectivity index (χ2n) is 8.77. The highest BCUT2D eigenvalue weighted by Crippen LogP contribution is 2.34. The number of allylic oxidation sites excluding steroid dienone is 2. The molecule has 2 heteroatoms. The Kier molecular flexibility index (Phi) is 3.86. The molecule has 0 N–H and O–H groups in total. The van der Waals surface area contributed by atoms with E-state index in [1.165, 1.54) is 41.7 Å². The summed E-state index contributed by atoms with van der Waals surface area (Å²) in [6.07, 6.45) is 8.34. The van der Waals surface area contributed by atoms with Gasteiger partial charge in [-0.3, -0.25) is 0 Å². The van der Waals surface area contributed by atoms with Gasteiger partial charge < -0.3 is 4.74 Å². The van der Waals surface area contributed by atoms with Gasteiger partial charge in [-0.2, -0.15) is 4.58 Å². The molecule has 0 radical (unpaired) electrons. The Hall–Kier alpha value is -4.17. The maximum atomic E-state index is 6.50. The smallest absolute Gasteiger partial charge is 0.248 e. The summed E-state index contributed by atoms with van der Waals surface area (Å²) in [7, 11) is 2.14. The molecule has 3 aliphatic rings. The quantitative estimate of drug-likeness (QED) is 0.288. The zero-order chi connectivity index (χ0) is 21.9. The van der Waals surface area contributed by atoms with Crippen molar-refractivity contribution in [1.29, 1.82) is 0 Å². The van der Waals surface area contributed by atoms with Crippen molar-refractivity contribution in [3.8, 4) is 5.75 Å². The fraction of sp³-hybridized carbons (Fsp3) is 0.0645. The van der Waals surface area contributed by atoms with Crippen molar-refractivity contribution in [3.63, 3.8) is 0 Å². The molecule has 1 unspecified atom stereocenters. The first-order chi connectivity index (χ1) is 16.3. The van der Waals surface area contributed by atoms with Gasteiger partial charge in [0, 0.05) is 12.1 Å². The summed E-state index contributed by atoms with van der Waals surface area (Å²) < 4.78 is 8.77. The van der Waals surface area contributed by atoms with Crippen molar-refractivity contribution in [1.82, 2.24) is 0 Å². The third kappa shape index (κ3) is 2.64. The number of hydrogen-bond donors (Lipinski definition) is 0. The number of hydrogen-bond acceptors (Lipinski definition) is 1. The highest BCUT2D eigenvalue weighted by molar-refractivity contribution is 5.99. The summed E-state index contributed by atoms with van der Waals surface area (Å²) in [4.78, 5) is 0. The van der Waals surface area contributed by atoms with Crippen LogP contribution in [0.25, 0.3) is 0 Å². The van der Waals surface area contributed by atoms with E-state index >= 15 is 0 Å². The minimum absolute atomic E-state index is 0.0534. The van der Waals surface area contributed by atoms with E-state index < -0.39 is 0 Å². The van der Waals surface area contributed by atoms with E-state index in [0.717, 1.165) is 17.1 Å². The van der Waals surface area contributed by atoms with Crippen LogP contribution in [0.2, 0.25) is 0 Å². The summed E-state index contributed by atoms with van der Waals surface area (Å²) in [6, 6.07) is 30.8. The minimum Gasteiger partial charge on any atom is -0.468 e. The lowest BCUT2D eigenvalue weighted by molar-refractivity contribution is -0.412. The molecule has 7 rings (SSSR count).